The Kier molecular flexibility index (Phi) is 5.96. The van der Waals surface area contributed by atoms with Crippen LogP contribution in [0.25, 0.3) is 10.9 Å². The van der Waals surface area contributed by atoms with Crippen LogP contribution in [-0.2, 0) is 6.54 Å². The number of carboxylic acid groups (broad SMARTS) is 1. The molecule has 0 aliphatic heterocycles. The number of hydrogen-bond acceptors (Lipinski definition) is 4. The fourth-order valence-corrected chi connectivity index (χ4v) is 3.60. The molecule has 0 fully saturated rings. The molecule has 158 valence electrons. The summed E-state index contributed by atoms with van der Waals surface area (Å²) in [5.74, 6) is 0.435. The fraction of sp³-hybridized carbons (Fsp3) is 0.318. The first kappa shape index (κ1) is 21.2. The van der Waals surface area contributed by atoms with E-state index >= 15 is 0 Å². The number of carbonyl (C=O) groups excluding carboxylic acids is 1. The van der Waals surface area contributed by atoms with E-state index in [0.717, 1.165) is 21.4 Å². The zero-order valence-electron chi connectivity index (χ0n) is 17.4. The Labute approximate surface area is 173 Å². The first-order valence-corrected chi connectivity index (χ1v) is 9.75. The summed E-state index contributed by atoms with van der Waals surface area (Å²) >= 11 is 0. The lowest BCUT2D eigenvalue weighted by Gasteiger charge is -2.20. The van der Waals surface area contributed by atoms with Gasteiger partial charge in [0, 0.05) is 6.54 Å². The molecule has 1 heterocycles. The number of carbonyl (C=O) groups is 2. The molecule has 1 aromatic heterocycles. The van der Waals surface area contributed by atoms with Crippen LogP contribution in [0, 0.1) is 0 Å². The van der Waals surface area contributed by atoms with Gasteiger partial charge in [0.1, 0.15) is 11.1 Å². The van der Waals surface area contributed by atoms with E-state index in [2.05, 4.69) is 42.8 Å². The SMILES string of the molecule is CC(C)c1cccc(C(C)C)c1CNC(=O)n1[nH]c2cccc(OC(=O)O)c2c1=O. The van der Waals surface area contributed by atoms with Crippen molar-refractivity contribution in [3.8, 4) is 5.75 Å². The predicted octanol–water partition coefficient (Wildman–Crippen LogP) is 4.39. The van der Waals surface area contributed by atoms with Gasteiger partial charge in [-0.3, -0.25) is 9.89 Å². The number of H-pyrrole nitrogens is 1. The first-order valence-electron chi connectivity index (χ1n) is 9.75. The van der Waals surface area contributed by atoms with Crippen LogP contribution in [0.2, 0.25) is 0 Å². The highest BCUT2D eigenvalue weighted by Crippen LogP contribution is 2.27. The van der Waals surface area contributed by atoms with Gasteiger partial charge in [-0.15, -0.1) is 0 Å². The molecular weight excluding hydrogens is 386 g/mol. The van der Waals surface area contributed by atoms with Crippen LogP contribution >= 0.6 is 0 Å². The minimum Gasteiger partial charge on any atom is -0.449 e. The highest BCUT2D eigenvalue weighted by Gasteiger charge is 2.19. The molecule has 0 atom stereocenters. The van der Waals surface area contributed by atoms with Crippen molar-refractivity contribution in [1.82, 2.24) is 15.1 Å². The van der Waals surface area contributed by atoms with E-state index in [9.17, 15) is 14.4 Å². The van der Waals surface area contributed by atoms with Gasteiger partial charge in [-0.1, -0.05) is 52.0 Å². The topological polar surface area (TPSA) is 113 Å². The second kappa shape index (κ2) is 8.44. The summed E-state index contributed by atoms with van der Waals surface area (Å²) in [5.41, 5.74) is 2.94. The highest BCUT2D eigenvalue weighted by molar-refractivity contribution is 5.89. The van der Waals surface area contributed by atoms with E-state index in [1.807, 2.05) is 18.2 Å². The smallest absolute Gasteiger partial charge is 0.449 e. The maximum atomic E-state index is 12.8. The molecule has 3 N–H and O–H groups in total. The summed E-state index contributed by atoms with van der Waals surface area (Å²) in [6.45, 7) is 8.64. The number of fused-ring (bicyclic) bond motifs is 1. The van der Waals surface area contributed by atoms with Gasteiger partial charge in [0.15, 0.2) is 0 Å². The average Bonchev–Trinajstić information content (AvgIpc) is 3.03. The number of aromatic nitrogens is 2. The van der Waals surface area contributed by atoms with E-state index < -0.39 is 17.7 Å². The van der Waals surface area contributed by atoms with E-state index in [-0.39, 0.29) is 29.5 Å². The van der Waals surface area contributed by atoms with Crippen molar-refractivity contribution in [2.75, 3.05) is 0 Å². The van der Waals surface area contributed by atoms with Crippen molar-refractivity contribution in [2.24, 2.45) is 0 Å². The number of aromatic amines is 1. The summed E-state index contributed by atoms with van der Waals surface area (Å²) in [7, 11) is 0. The molecule has 0 bridgehead atoms. The van der Waals surface area contributed by atoms with E-state index in [1.54, 1.807) is 6.07 Å². The van der Waals surface area contributed by atoms with Crippen LogP contribution < -0.4 is 15.6 Å². The van der Waals surface area contributed by atoms with Crippen molar-refractivity contribution in [1.29, 1.82) is 0 Å². The number of hydrogen-bond donors (Lipinski definition) is 3. The van der Waals surface area contributed by atoms with Crippen LogP contribution in [-0.4, -0.2) is 27.1 Å². The van der Waals surface area contributed by atoms with Crippen molar-refractivity contribution in [3.05, 3.63) is 63.4 Å². The fourth-order valence-electron chi connectivity index (χ4n) is 3.60. The summed E-state index contributed by atoms with van der Waals surface area (Å²) in [6, 6.07) is 9.94. The standard InChI is InChI=1S/C22H25N3O5/c1-12(2)14-7-5-8-15(13(3)4)16(14)11-23-21(27)25-20(26)19-17(24-25)9-6-10-18(19)30-22(28)29/h5-10,12-13,24H,11H2,1-4H3,(H,23,27)(H,28,29). The lowest BCUT2D eigenvalue weighted by Crippen LogP contribution is -2.35. The summed E-state index contributed by atoms with van der Waals surface area (Å²) < 4.78 is 5.49. The van der Waals surface area contributed by atoms with Gasteiger partial charge in [-0.2, -0.15) is 4.68 Å². The highest BCUT2D eigenvalue weighted by atomic mass is 16.7. The molecule has 0 saturated heterocycles. The molecule has 0 radical (unpaired) electrons. The normalized spacial score (nSPS) is 11.3. The molecule has 0 aliphatic rings. The summed E-state index contributed by atoms with van der Waals surface area (Å²) in [5, 5.41) is 14.4. The second-order valence-electron chi connectivity index (χ2n) is 7.68. The molecule has 2 aromatic carbocycles. The Balaban J connectivity index is 1.93. The van der Waals surface area contributed by atoms with Gasteiger partial charge in [0.2, 0.25) is 0 Å². The zero-order valence-corrected chi connectivity index (χ0v) is 17.4. The van der Waals surface area contributed by atoms with Crippen LogP contribution in [0.15, 0.2) is 41.2 Å². The van der Waals surface area contributed by atoms with Gasteiger partial charge < -0.3 is 15.2 Å². The van der Waals surface area contributed by atoms with Crippen molar-refractivity contribution >= 4 is 23.1 Å². The van der Waals surface area contributed by atoms with Crippen LogP contribution in [0.5, 0.6) is 5.75 Å². The molecule has 3 aromatic rings. The molecule has 1 amide bonds. The average molecular weight is 411 g/mol. The number of ether oxygens (including phenoxy) is 1. The van der Waals surface area contributed by atoms with Crippen LogP contribution in [0.4, 0.5) is 9.59 Å². The largest absolute Gasteiger partial charge is 0.511 e. The van der Waals surface area contributed by atoms with Crippen molar-refractivity contribution in [3.63, 3.8) is 0 Å². The number of benzene rings is 2. The first-order chi connectivity index (χ1) is 14.2. The molecule has 3 rings (SSSR count). The van der Waals surface area contributed by atoms with E-state index in [0.29, 0.717) is 5.52 Å². The molecule has 0 spiro atoms. The Bertz CT molecular complexity index is 1130. The Morgan fingerprint density at radius 2 is 1.67 bits per heavy atom. The van der Waals surface area contributed by atoms with Crippen molar-refractivity contribution < 1.29 is 19.4 Å². The summed E-state index contributed by atoms with van der Waals surface area (Å²) in [6.07, 6.45) is -1.54. The third-order valence-electron chi connectivity index (χ3n) is 4.98. The minimum absolute atomic E-state index is 0.000463. The van der Waals surface area contributed by atoms with E-state index in [4.69, 9.17) is 5.11 Å². The maximum absolute atomic E-state index is 12.8. The maximum Gasteiger partial charge on any atom is 0.511 e. The van der Waals surface area contributed by atoms with E-state index in [1.165, 1.54) is 12.1 Å². The molecular formula is C22H25N3O5. The van der Waals surface area contributed by atoms with Gasteiger partial charge in [-0.25, -0.2) is 9.59 Å². The molecule has 8 heteroatoms. The minimum atomic E-state index is -1.54. The number of rotatable bonds is 5. The molecule has 0 unspecified atom stereocenters. The van der Waals surface area contributed by atoms with Gasteiger partial charge >= 0.3 is 12.2 Å². The number of nitrogens with one attached hydrogen (secondary N) is 2. The Morgan fingerprint density at radius 1 is 1.07 bits per heavy atom. The molecule has 0 aliphatic carbocycles. The quantitative estimate of drug-likeness (QED) is 0.426. The monoisotopic (exact) mass is 411 g/mol. The third kappa shape index (κ3) is 4.07. The predicted molar refractivity (Wildman–Crippen MR) is 113 cm³/mol. The Morgan fingerprint density at radius 3 is 2.23 bits per heavy atom. The van der Waals surface area contributed by atoms with Gasteiger partial charge in [-0.05, 0) is 40.7 Å². The third-order valence-corrected chi connectivity index (χ3v) is 4.98. The van der Waals surface area contributed by atoms with Crippen molar-refractivity contribution in [2.45, 2.75) is 46.1 Å². The zero-order chi connectivity index (χ0) is 22.0. The number of nitrogens with zero attached hydrogens (tertiary/aromatic N) is 1. The van der Waals surface area contributed by atoms with Crippen LogP contribution in [0.3, 0.4) is 0 Å². The number of amides is 1. The molecule has 30 heavy (non-hydrogen) atoms. The van der Waals surface area contributed by atoms with Gasteiger partial charge in [0.05, 0.1) is 5.52 Å². The molecule has 8 nitrogen and oxygen atoms in total. The van der Waals surface area contributed by atoms with Crippen LogP contribution in [0.1, 0.15) is 56.2 Å². The lowest BCUT2D eigenvalue weighted by molar-refractivity contribution is 0.145. The summed E-state index contributed by atoms with van der Waals surface area (Å²) in [4.78, 5) is 36.4. The second-order valence-corrected chi connectivity index (χ2v) is 7.68. The molecule has 0 saturated carbocycles. The van der Waals surface area contributed by atoms with Gasteiger partial charge in [0.25, 0.3) is 5.56 Å². The Hall–Kier alpha value is -3.55. The lowest BCUT2D eigenvalue weighted by atomic mass is 9.89.